The number of amides is 1. The molecule has 1 N–H and O–H groups in total. The first kappa shape index (κ1) is 21.3. The van der Waals surface area contributed by atoms with Crippen LogP contribution in [0.1, 0.15) is 24.0 Å². The zero-order valence-corrected chi connectivity index (χ0v) is 16.3. The van der Waals surface area contributed by atoms with Gasteiger partial charge in [-0.15, -0.1) is 0 Å². The monoisotopic (exact) mass is 426 g/mol. The lowest BCUT2D eigenvalue weighted by atomic mass is 10.0. The van der Waals surface area contributed by atoms with Crippen molar-refractivity contribution < 1.29 is 26.4 Å². The zero-order chi connectivity index (χ0) is 21.1. The van der Waals surface area contributed by atoms with Crippen molar-refractivity contribution in [3.8, 4) is 0 Å². The first-order chi connectivity index (χ1) is 13.6. The summed E-state index contributed by atoms with van der Waals surface area (Å²) in [6.07, 6.45) is -3.68. The van der Waals surface area contributed by atoms with E-state index in [2.05, 4.69) is 4.72 Å². The molecular formula is C20H21F3N2O3S. The molecule has 1 heterocycles. The highest BCUT2D eigenvalue weighted by molar-refractivity contribution is 7.89. The Hall–Kier alpha value is -2.39. The van der Waals surface area contributed by atoms with E-state index < -0.39 is 21.8 Å². The predicted octanol–water partition coefficient (Wildman–Crippen LogP) is 3.22. The molecule has 0 unspecified atom stereocenters. The van der Waals surface area contributed by atoms with Crippen molar-refractivity contribution >= 4 is 15.9 Å². The SMILES string of the molecule is O=C(Cc1cccc(C(F)(F)F)c1)N1CCC(NS(=O)(=O)c2ccccc2)CC1. The van der Waals surface area contributed by atoms with Gasteiger partial charge in [-0.25, -0.2) is 13.1 Å². The number of rotatable bonds is 5. The summed E-state index contributed by atoms with van der Waals surface area (Å²) in [5.74, 6) is -0.270. The molecule has 1 saturated heterocycles. The zero-order valence-electron chi connectivity index (χ0n) is 15.5. The van der Waals surface area contributed by atoms with E-state index in [9.17, 15) is 26.4 Å². The van der Waals surface area contributed by atoms with Gasteiger partial charge < -0.3 is 4.90 Å². The van der Waals surface area contributed by atoms with Gasteiger partial charge in [0, 0.05) is 19.1 Å². The van der Waals surface area contributed by atoms with E-state index in [0.717, 1.165) is 12.1 Å². The van der Waals surface area contributed by atoms with Gasteiger partial charge in [0.1, 0.15) is 0 Å². The topological polar surface area (TPSA) is 66.5 Å². The van der Waals surface area contributed by atoms with E-state index in [-0.39, 0.29) is 23.3 Å². The van der Waals surface area contributed by atoms with Crippen molar-refractivity contribution in [1.29, 1.82) is 0 Å². The second kappa shape index (κ2) is 8.54. The number of alkyl halides is 3. The normalized spacial score (nSPS) is 16.0. The molecule has 1 aliphatic heterocycles. The highest BCUT2D eigenvalue weighted by atomic mass is 32.2. The first-order valence-electron chi connectivity index (χ1n) is 9.16. The lowest BCUT2D eigenvalue weighted by molar-refractivity contribution is -0.138. The highest BCUT2D eigenvalue weighted by Crippen LogP contribution is 2.29. The standard InChI is InChI=1S/C20H21F3N2O3S/c21-20(22,23)16-6-4-5-15(13-16)14-19(26)25-11-9-17(10-12-25)24-29(27,28)18-7-2-1-3-8-18/h1-8,13,17,24H,9-12,14H2. The fourth-order valence-electron chi connectivity index (χ4n) is 3.28. The molecule has 0 saturated carbocycles. The van der Waals surface area contributed by atoms with E-state index >= 15 is 0 Å². The molecule has 29 heavy (non-hydrogen) atoms. The molecule has 156 valence electrons. The fourth-order valence-corrected chi connectivity index (χ4v) is 4.60. The van der Waals surface area contributed by atoms with Crippen LogP contribution in [-0.2, 0) is 27.4 Å². The van der Waals surface area contributed by atoms with Gasteiger partial charge in [-0.1, -0.05) is 36.4 Å². The molecule has 0 bridgehead atoms. The lowest BCUT2D eigenvalue weighted by Gasteiger charge is -2.32. The van der Waals surface area contributed by atoms with Crippen LogP contribution in [0.25, 0.3) is 0 Å². The first-order valence-corrected chi connectivity index (χ1v) is 10.6. The van der Waals surface area contributed by atoms with Gasteiger partial charge in [0.05, 0.1) is 16.9 Å². The molecule has 2 aromatic rings. The number of benzene rings is 2. The van der Waals surface area contributed by atoms with Crippen LogP contribution in [0.5, 0.6) is 0 Å². The van der Waals surface area contributed by atoms with Crippen molar-refractivity contribution in [2.75, 3.05) is 13.1 Å². The van der Waals surface area contributed by atoms with Crippen molar-refractivity contribution in [1.82, 2.24) is 9.62 Å². The Bertz CT molecular complexity index is 954. The average Bonchev–Trinajstić information content (AvgIpc) is 2.68. The number of carbonyl (C=O) groups excluding carboxylic acids is 1. The largest absolute Gasteiger partial charge is 0.416 e. The summed E-state index contributed by atoms with van der Waals surface area (Å²) < 4.78 is 65.9. The Balaban J connectivity index is 1.55. The fraction of sp³-hybridized carbons (Fsp3) is 0.350. The number of halogens is 3. The predicted molar refractivity (Wildman–Crippen MR) is 102 cm³/mol. The van der Waals surface area contributed by atoms with Crippen molar-refractivity contribution in [2.45, 2.75) is 36.4 Å². The average molecular weight is 426 g/mol. The van der Waals surface area contributed by atoms with E-state index in [1.54, 1.807) is 23.1 Å². The van der Waals surface area contributed by atoms with Crippen LogP contribution in [0.4, 0.5) is 13.2 Å². The summed E-state index contributed by atoms with van der Waals surface area (Å²) in [4.78, 5) is 14.2. The smallest absolute Gasteiger partial charge is 0.342 e. The molecule has 1 fully saturated rings. The molecule has 9 heteroatoms. The number of nitrogens with zero attached hydrogens (tertiary/aromatic N) is 1. The Morgan fingerprint density at radius 3 is 2.31 bits per heavy atom. The number of hydrogen-bond donors (Lipinski definition) is 1. The second-order valence-corrected chi connectivity index (χ2v) is 8.68. The Morgan fingerprint density at radius 1 is 1.03 bits per heavy atom. The maximum absolute atomic E-state index is 12.8. The van der Waals surface area contributed by atoms with E-state index in [0.29, 0.717) is 31.5 Å². The molecule has 5 nitrogen and oxygen atoms in total. The van der Waals surface area contributed by atoms with Crippen LogP contribution in [0.2, 0.25) is 0 Å². The van der Waals surface area contributed by atoms with Gasteiger partial charge in [-0.3, -0.25) is 4.79 Å². The van der Waals surface area contributed by atoms with Gasteiger partial charge in [-0.2, -0.15) is 13.2 Å². The van der Waals surface area contributed by atoms with E-state index in [4.69, 9.17) is 0 Å². The summed E-state index contributed by atoms with van der Waals surface area (Å²) in [7, 11) is -3.62. The maximum atomic E-state index is 12.8. The Morgan fingerprint density at radius 2 is 1.69 bits per heavy atom. The van der Waals surface area contributed by atoms with Crippen molar-refractivity contribution in [2.24, 2.45) is 0 Å². The van der Waals surface area contributed by atoms with Gasteiger partial charge >= 0.3 is 6.18 Å². The lowest BCUT2D eigenvalue weighted by Crippen LogP contribution is -2.46. The van der Waals surface area contributed by atoms with Crippen LogP contribution < -0.4 is 4.72 Å². The molecular weight excluding hydrogens is 405 g/mol. The molecule has 0 aromatic heterocycles. The minimum Gasteiger partial charge on any atom is -0.342 e. The third-order valence-electron chi connectivity index (χ3n) is 4.83. The molecule has 1 amide bonds. The number of nitrogens with one attached hydrogen (secondary N) is 1. The highest BCUT2D eigenvalue weighted by Gasteiger charge is 2.31. The van der Waals surface area contributed by atoms with Gasteiger partial charge in [-0.05, 0) is 36.6 Å². The van der Waals surface area contributed by atoms with Crippen LogP contribution in [-0.4, -0.2) is 38.4 Å². The van der Waals surface area contributed by atoms with Crippen LogP contribution >= 0.6 is 0 Å². The molecule has 0 aliphatic carbocycles. The minimum absolute atomic E-state index is 0.121. The van der Waals surface area contributed by atoms with E-state index in [1.165, 1.54) is 24.3 Å². The summed E-state index contributed by atoms with van der Waals surface area (Å²) in [6, 6.07) is 12.5. The van der Waals surface area contributed by atoms with Crippen LogP contribution in [0, 0.1) is 0 Å². The number of hydrogen-bond acceptors (Lipinski definition) is 3. The van der Waals surface area contributed by atoms with Crippen molar-refractivity contribution in [3.05, 3.63) is 65.7 Å². The van der Waals surface area contributed by atoms with Gasteiger partial charge in [0.2, 0.25) is 15.9 Å². The number of carbonyl (C=O) groups is 1. The molecule has 0 radical (unpaired) electrons. The van der Waals surface area contributed by atoms with Gasteiger partial charge in [0.25, 0.3) is 0 Å². The second-order valence-electron chi connectivity index (χ2n) is 6.96. The van der Waals surface area contributed by atoms with Crippen LogP contribution in [0.3, 0.4) is 0 Å². The molecule has 1 aliphatic rings. The summed E-state index contributed by atoms with van der Waals surface area (Å²) >= 11 is 0. The summed E-state index contributed by atoms with van der Waals surface area (Å²) in [6.45, 7) is 0.694. The van der Waals surface area contributed by atoms with E-state index in [1.807, 2.05) is 0 Å². The number of piperidine rings is 1. The Labute approximate surface area is 167 Å². The molecule has 0 atom stereocenters. The molecule has 2 aromatic carbocycles. The molecule has 0 spiro atoms. The quantitative estimate of drug-likeness (QED) is 0.799. The number of likely N-dealkylation sites (tertiary alicyclic amines) is 1. The van der Waals surface area contributed by atoms with Gasteiger partial charge in [0.15, 0.2) is 0 Å². The maximum Gasteiger partial charge on any atom is 0.416 e. The third kappa shape index (κ3) is 5.57. The Kier molecular flexibility index (Phi) is 6.28. The minimum atomic E-state index is -4.45. The number of sulfonamides is 1. The van der Waals surface area contributed by atoms with Crippen LogP contribution in [0.15, 0.2) is 59.5 Å². The van der Waals surface area contributed by atoms with Crippen molar-refractivity contribution in [3.63, 3.8) is 0 Å². The molecule has 3 rings (SSSR count). The third-order valence-corrected chi connectivity index (χ3v) is 6.37. The summed E-state index contributed by atoms with van der Waals surface area (Å²) in [5, 5.41) is 0. The summed E-state index contributed by atoms with van der Waals surface area (Å²) in [5.41, 5.74) is -0.478.